The quantitative estimate of drug-likeness (QED) is 0.238. The highest BCUT2D eigenvalue weighted by atomic mass is 16.6. The van der Waals surface area contributed by atoms with E-state index in [-0.39, 0.29) is 28.7 Å². The van der Waals surface area contributed by atoms with E-state index in [1.54, 1.807) is 24.3 Å². The first-order chi connectivity index (χ1) is 16.0. The SMILES string of the molecule is COc1cccc(/C=N/NC(=O)c2nnn(-c3nonc3N)c2-c2ccc([N+](=O)[O-])cc2)c1. The number of hydrogen-bond acceptors (Lipinski definition) is 11. The molecule has 0 bridgehead atoms. The smallest absolute Gasteiger partial charge is 0.294 e. The van der Waals surface area contributed by atoms with Gasteiger partial charge < -0.3 is 10.5 Å². The monoisotopic (exact) mass is 449 g/mol. The summed E-state index contributed by atoms with van der Waals surface area (Å²) in [5, 5.41) is 29.9. The number of nitrogens with zero attached hydrogens (tertiary/aromatic N) is 7. The Labute approximate surface area is 184 Å². The minimum absolute atomic E-state index is 0.00483. The van der Waals surface area contributed by atoms with Gasteiger partial charge in [-0.2, -0.15) is 9.78 Å². The molecule has 0 radical (unpaired) electrons. The summed E-state index contributed by atoms with van der Waals surface area (Å²) in [5.41, 5.74) is 9.10. The summed E-state index contributed by atoms with van der Waals surface area (Å²) in [6.45, 7) is 0. The van der Waals surface area contributed by atoms with Crippen molar-refractivity contribution in [2.75, 3.05) is 12.8 Å². The van der Waals surface area contributed by atoms with Crippen molar-refractivity contribution in [3.8, 4) is 22.8 Å². The molecule has 0 fully saturated rings. The van der Waals surface area contributed by atoms with E-state index >= 15 is 0 Å². The number of hydrazone groups is 1. The number of amides is 1. The highest BCUT2D eigenvalue weighted by Crippen LogP contribution is 2.28. The van der Waals surface area contributed by atoms with Crippen LogP contribution in [0.15, 0.2) is 58.3 Å². The molecule has 0 spiro atoms. The maximum absolute atomic E-state index is 12.8. The van der Waals surface area contributed by atoms with Crippen LogP contribution in [-0.2, 0) is 0 Å². The van der Waals surface area contributed by atoms with E-state index in [2.05, 4.69) is 35.8 Å². The summed E-state index contributed by atoms with van der Waals surface area (Å²) in [7, 11) is 1.54. The van der Waals surface area contributed by atoms with Crippen LogP contribution in [0.5, 0.6) is 5.75 Å². The number of nitrogens with one attached hydrogen (secondary N) is 1. The van der Waals surface area contributed by atoms with Crippen LogP contribution in [0.25, 0.3) is 17.1 Å². The highest BCUT2D eigenvalue weighted by molar-refractivity contribution is 5.98. The van der Waals surface area contributed by atoms with Gasteiger partial charge in [0.2, 0.25) is 11.6 Å². The number of carbonyl (C=O) groups is 1. The molecule has 0 aliphatic rings. The first kappa shape index (κ1) is 21.1. The van der Waals surface area contributed by atoms with Gasteiger partial charge in [-0.1, -0.05) is 17.3 Å². The molecule has 3 N–H and O–H groups in total. The summed E-state index contributed by atoms with van der Waals surface area (Å²) in [5.74, 6) is -0.155. The second kappa shape index (κ2) is 8.93. The maximum atomic E-state index is 12.8. The van der Waals surface area contributed by atoms with Crippen molar-refractivity contribution >= 4 is 23.6 Å². The van der Waals surface area contributed by atoms with Gasteiger partial charge in [-0.15, -0.1) is 5.10 Å². The summed E-state index contributed by atoms with van der Waals surface area (Å²) >= 11 is 0. The standard InChI is InChI=1S/C19H15N9O5/c1-32-14-4-2-3-11(9-14)10-21-23-19(29)15-16(12-5-7-13(8-6-12)28(30)31)27(26-22-15)18-17(20)24-33-25-18/h2-10H,1H3,(H2,20,24)(H,23,29)/b21-10+. The van der Waals surface area contributed by atoms with Crippen molar-refractivity contribution < 1.29 is 19.1 Å². The fourth-order valence-corrected chi connectivity index (χ4v) is 2.86. The zero-order valence-corrected chi connectivity index (χ0v) is 16.9. The zero-order chi connectivity index (χ0) is 23.4. The Morgan fingerprint density at radius 2 is 2.06 bits per heavy atom. The molecule has 0 saturated heterocycles. The van der Waals surface area contributed by atoms with Crippen molar-refractivity contribution in [3.05, 3.63) is 69.9 Å². The predicted octanol–water partition coefficient (Wildman–Crippen LogP) is 1.58. The van der Waals surface area contributed by atoms with Crippen molar-refractivity contribution in [1.82, 2.24) is 30.7 Å². The average Bonchev–Trinajstić information content (AvgIpc) is 3.45. The highest BCUT2D eigenvalue weighted by Gasteiger charge is 2.25. The van der Waals surface area contributed by atoms with Gasteiger partial charge in [0.15, 0.2) is 5.69 Å². The van der Waals surface area contributed by atoms with E-state index < -0.39 is 10.8 Å². The lowest BCUT2D eigenvalue weighted by Crippen LogP contribution is -2.19. The molecule has 14 heteroatoms. The molecule has 4 rings (SSSR count). The van der Waals surface area contributed by atoms with E-state index in [9.17, 15) is 14.9 Å². The lowest BCUT2D eigenvalue weighted by atomic mass is 10.1. The van der Waals surface area contributed by atoms with E-state index in [0.29, 0.717) is 16.9 Å². The molecule has 4 aromatic rings. The number of benzene rings is 2. The molecule has 2 heterocycles. The van der Waals surface area contributed by atoms with Gasteiger partial charge in [-0.3, -0.25) is 14.9 Å². The number of hydrogen-bond donors (Lipinski definition) is 2. The number of anilines is 1. The first-order valence-electron chi connectivity index (χ1n) is 9.24. The van der Waals surface area contributed by atoms with Crippen LogP contribution in [0, 0.1) is 10.1 Å². The second-order valence-electron chi connectivity index (χ2n) is 6.45. The fraction of sp³-hybridized carbons (Fsp3) is 0.0526. The number of nitro benzene ring substituents is 1. The largest absolute Gasteiger partial charge is 0.497 e. The third-order valence-corrected chi connectivity index (χ3v) is 4.41. The average molecular weight is 449 g/mol. The van der Waals surface area contributed by atoms with Crippen LogP contribution in [0.1, 0.15) is 16.1 Å². The minimum atomic E-state index is -0.691. The topological polar surface area (TPSA) is 189 Å². The number of rotatable bonds is 7. The Balaban J connectivity index is 1.68. The Morgan fingerprint density at radius 1 is 1.27 bits per heavy atom. The third-order valence-electron chi connectivity index (χ3n) is 4.41. The van der Waals surface area contributed by atoms with Gasteiger partial charge in [0.25, 0.3) is 11.6 Å². The molecule has 0 aliphatic carbocycles. The summed E-state index contributed by atoms with van der Waals surface area (Å²) in [4.78, 5) is 23.3. The molecule has 166 valence electrons. The fourth-order valence-electron chi connectivity index (χ4n) is 2.86. The van der Waals surface area contributed by atoms with Crippen LogP contribution in [0.3, 0.4) is 0 Å². The number of carbonyl (C=O) groups excluding carboxylic acids is 1. The van der Waals surface area contributed by atoms with Crippen LogP contribution < -0.4 is 15.9 Å². The normalized spacial score (nSPS) is 10.9. The lowest BCUT2D eigenvalue weighted by molar-refractivity contribution is -0.384. The molecule has 0 aliphatic heterocycles. The number of nitrogens with two attached hydrogens (primary N) is 1. The van der Waals surface area contributed by atoms with Gasteiger partial charge >= 0.3 is 0 Å². The first-order valence-corrected chi connectivity index (χ1v) is 9.24. The second-order valence-corrected chi connectivity index (χ2v) is 6.45. The Bertz CT molecular complexity index is 1340. The number of ether oxygens (including phenoxy) is 1. The van der Waals surface area contributed by atoms with E-state index in [1.165, 1.54) is 37.6 Å². The zero-order valence-electron chi connectivity index (χ0n) is 16.9. The number of nitrogen functional groups attached to an aromatic ring is 1. The summed E-state index contributed by atoms with van der Waals surface area (Å²) < 4.78 is 10.9. The molecular weight excluding hydrogens is 434 g/mol. The Kier molecular flexibility index (Phi) is 5.71. The van der Waals surface area contributed by atoms with Crippen LogP contribution in [-0.4, -0.2) is 49.5 Å². The van der Waals surface area contributed by atoms with Crippen molar-refractivity contribution in [2.45, 2.75) is 0 Å². The van der Waals surface area contributed by atoms with Crippen molar-refractivity contribution in [1.29, 1.82) is 0 Å². The molecule has 0 unspecified atom stereocenters. The van der Waals surface area contributed by atoms with Crippen LogP contribution >= 0.6 is 0 Å². The number of methoxy groups -OCH3 is 1. The predicted molar refractivity (Wildman–Crippen MR) is 114 cm³/mol. The molecule has 33 heavy (non-hydrogen) atoms. The van der Waals surface area contributed by atoms with Gasteiger partial charge in [0, 0.05) is 17.7 Å². The molecule has 0 saturated carbocycles. The number of nitro groups is 1. The van der Waals surface area contributed by atoms with Gasteiger partial charge in [0.1, 0.15) is 11.4 Å². The molecule has 14 nitrogen and oxygen atoms in total. The molecule has 0 atom stereocenters. The Morgan fingerprint density at radius 3 is 2.73 bits per heavy atom. The molecule has 2 aromatic carbocycles. The third kappa shape index (κ3) is 4.34. The van der Waals surface area contributed by atoms with Crippen molar-refractivity contribution in [3.63, 3.8) is 0 Å². The van der Waals surface area contributed by atoms with Gasteiger partial charge in [0.05, 0.1) is 18.2 Å². The van der Waals surface area contributed by atoms with E-state index in [0.717, 1.165) is 4.68 Å². The maximum Gasteiger partial charge on any atom is 0.294 e. The lowest BCUT2D eigenvalue weighted by Gasteiger charge is -2.05. The van der Waals surface area contributed by atoms with E-state index in [1.807, 2.05) is 0 Å². The van der Waals surface area contributed by atoms with Gasteiger partial charge in [-0.05, 0) is 40.1 Å². The number of aromatic nitrogens is 5. The van der Waals surface area contributed by atoms with E-state index in [4.69, 9.17) is 10.5 Å². The molecule has 2 aromatic heterocycles. The summed E-state index contributed by atoms with van der Waals surface area (Å²) in [6.07, 6.45) is 1.43. The Hall–Kier alpha value is -5.14. The molecular formula is C19H15N9O5. The van der Waals surface area contributed by atoms with Crippen LogP contribution in [0.4, 0.5) is 11.5 Å². The van der Waals surface area contributed by atoms with Crippen molar-refractivity contribution in [2.24, 2.45) is 5.10 Å². The van der Waals surface area contributed by atoms with Gasteiger partial charge in [-0.25, -0.2) is 10.1 Å². The molecule has 1 amide bonds. The number of non-ortho nitro benzene ring substituents is 1. The minimum Gasteiger partial charge on any atom is -0.497 e. The van der Waals surface area contributed by atoms with Crippen LogP contribution in [0.2, 0.25) is 0 Å². The summed E-state index contributed by atoms with van der Waals surface area (Å²) in [6, 6.07) is 12.5.